The number of aromatic nitrogens is 2. The van der Waals surface area contributed by atoms with Gasteiger partial charge >= 0.3 is 0 Å². The van der Waals surface area contributed by atoms with Crippen molar-refractivity contribution in [1.82, 2.24) is 15.1 Å². The van der Waals surface area contributed by atoms with E-state index in [2.05, 4.69) is 22.0 Å². The number of halogens is 2. The van der Waals surface area contributed by atoms with E-state index in [-0.39, 0.29) is 6.10 Å². The summed E-state index contributed by atoms with van der Waals surface area (Å²) in [6.07, 6.45) is 1.52. The van der Waals surface area contributed by atoms with Gasteiger partial charge in [-0.2, -0.15) is 5.10 Å². The van der Waals surface area contributed by atoms with Crippen molar-refractivity contribution in [2.45, 2.75) is 25.5 Å². The zero-order valence-corrected chi connectivity index (χ0v) is 19.5. The fourth-order valence-electron chi connectivity index (χ4n) is 4.73. The number of fused-ring (bicyclic) bond motifs is 2. The SMILES string of the molecule is C=Nc1cc(Cl)ccc1/C(=N\C)c1cc(Cl)cc2c1OC(c1c3c(nn1C)CCNC3)C2. The fraction of sp³-hybridized carbons (Fsp3) is 0.292. The fourth-order valence-corrected chi connectivity index (χ4v) is 5.14. The molecule has 1 unspecified atom stereocenters. The standard InChI is InChI=1S/C24H23Cl2N5O/c1-27-20-11-14(25)4-5-16(20)22(28-2)17-10-15(26)8-13-9-21(32-24(13)17)23-18-12-29-7-6-19(18)30-31(23)3/h4-5,8,10-11,21,29H,1,6-7,9,12H2,2-3H3/b28-22+. The molecule has 1 atom stereocenters. The summed E-state index contributed by atoms with van der Waals surface area (Å²) < 4.78 is 8.55. The van der Waals surface area contributed by atoms with Crippen molar-refractivity contribution in [3.63, 3.8) is 0 Å². The minimum absolute atomic E-state index is 0.135. The van der Waals surface area contributed by atoms with E-state index in [0.29, 0.717) is 15.7 Å². The lowest BCUT2D eigenvalue weighted by Crippen LogP contribution is -2.24. The van der Waals surface area contributed by atoms with Gasteiger partial charge in [-0.15, -0.1) is 0 Å². The van der Waals surface area contributed by atoms with Crippen LogP contribution < -0.4 is 10.1 Å². The van der Waals surface area contributed by atoms with Crippen molar-refractivity contribution in [2.24, 2.45) is 17.0 Å². The van der Waals surface area contributed by atoms with Gasteiger partial charge in [0, 0.05) is 72.3 Å². The molecule has 1 aromatic heterocycles. The van der Waals surface area contributed by atoms with Crippen molar-refractivity contribution >= 4 is 41.3 Å². The molecule has 3 heterocycles. The van der Waals surface area contributed by atoms with Gasteiger partial charge < -0.3 is 10.1 Å². The Balaban J connectivity index is 1.59. The number of nitrogens with one attached hydrogen (secondary N) is 1. The highest BCUT2D eigenvalue weighted by atomic mass is 35.5. The zero-order chi connectivity index (χ0) is 22.4. The molecule has 0 aliphatic carbocycles. The lowest BCUT2D eigenvalue weighted by molar-refractivity contribution is 0.225. The molecule has 164 valence electrons. The van der Waals surface area contributed by atoms with E-state index in [1.807, 2.05) is 36.0 Å². The number of benzene rings is 2. The highest BCUT2D eigenvalue weighted by molar-refractivity contribution is 6.32. The molecule has 3 aromatic rings. The van der Waals surface area contributed by atoms with E-state index in [4.69, 9.17) is 33.0 Å². The Kier molecular flexibility index (Phi) is 5.53. The van der Waals surface area contributed by atoms with Gasteiger partial charge in [-0.1, -0.05) is 23.2 Å². The third-order valence-electron chi connectivity index (χ3n) is 6.08. The molecule has 5 rings (SSSR count). The van der Waals surface area contributed by atoms with E-state index >= 15 is 0 Å². The summed E-state index contributed by atoms with van der Waals surface area (Å²) >= 11 is 12.7. The van der Waals surface area contributed by atoms with E-state index in [9.17, 15) is 0 Å². The van der Waals surface area contributed by atoms with Crippen LogP contribution in [0, 0.1) is 0 Å². The van der Waals surface area contributed by atoms with Crippen LogP contribution in [-0.4, -0.2) is 35.8 Å². The van der Waals surface area contributed by atoms with E-state index in [1.54, 1.807) is 13.1 Å². The van der Waals surface area contributed by atoms with Crippen molar-refractivity contribution < 1.29 is 4.74 Å². The summed E-state index contributed by atoms with van der Waals surface area (Å²) in [6, 6.07) is 9.37. The largest absolute Gasteiger partial charge is 0.483 e. The minimum Gasteiger partial charge on any atom is -0.483 e. The maximum absolute atomic E-state index is 6.59. The lowest BCUT2D eigenvalue weighted by atomic mass is 9.96. The third-order valence-corrected chi connectivity index (χ3v) is 6.54. The van der Waals surface area contributed by atoms with E-state index < -0.39 is 0 Å². The van der Waals surface area contributed by atoms with Crippen molar-refractivity contribution in [1.29, 1.82) is 0 Å². The molecule has 0 radical (unpaired) electrons. The Labute approximate surface area is 196 Å². The molecule has 6 nitrogen and oxygen atoms in total. The Hall–Kier alpha value is -2.67. The molecule has 0 fully saturated rings. The van der Waals surface area contributed by atoms with Crippen molar-refractivity contribution in [3.05, 3.63) is 74.0 Å². The van der Waals surface area contributed by atoms with E-state index in [0.717, 1.165) is 65.5 Å². The lowest BCUT2D eigenvalue weighted by Gasteiger charge is -2.18. The smallest absolute Gasteiger partial charge is 0.145 e. The van der Waals surface area contributed by atoms with Crippen LogP contribution in [0.2, 0.25) is 10.0 Å². The molecule has 0 saturated heterocycles. The van der Waals surface area contributed by atoms with Crippen LogP contribution >= 0.6 is 23.2 Å². The number of ether oxygens (including phenoxy) is 1. The van der Waals surface area contributed by atoms with Gasteiger partial charge in [0.05, 0.1) is 22.8 Å². The van der Waals surface area contributed by atoms with Crippen molar-refractivity contribution in [3.8, 4) is 5.75 Å². The van der Waals surface area contributed by atoms with Gasteiger partial charge in [-0.05, 0) is 37.0 Å². The highest BCUT2D eigenvalue weighted by Crippen LogP contribution is 2.43. The Morgan fingerprint density at radius 1 is 1.22 bits per heavy atom. The van der Waals surface area contributed by atoms with Crippen LogP contribution in [0.4, 0.5) is 5.69 Å². The summed E-state index contributed by atoms with van der Waals surface area (Å²) in [7, 11) is 3.74. The molecule has 0 saturated carbocycles. The summed E-state index contributed by atoms with van der Waals surface area (Å²) in [5.74, 6) is 0.795. The highest BCUT2D eigenvalue weighted by Gasteiger charge is 2.34. The number of aryl methyl sites for hydroxylation is 1. The van der Waals surface area contributed by atoms with Crippen LogP contribution in [0.1, 0.15) is 39.7 Å². The molecule has 2 aliphatic heterocycles. The number of hydrogen-bond donors (Lipinski definition) is 1. The first-order chi connectivity index (χ1) is 15.5. The van der Waals surface area contributed by atoms with Crippen LogP contribution in [0.3, 0.4) is 0 Å². The molecule has 2 aliphatic rings. The average Bonchev–Trinajstić information content (AvgIpc) is 3.34. The molecule has 0 amide bonds. The molecule has 2 aromatic carbocycles. The predicted molar refractivity (Wildman–Crippen MR) is 129 cm³/mol. The first kappa shape index (κ1) is 21.2. The van der Waals surface area contributed by atoms with E-state index in [1.165, 1.54) is 5.56 Å². The van der Waals surface area contributed by atoms with Gasteiger partial charge in [0.25, 0.3) is 0 Å². The van der Waals surface area contributed by atoms with Crippen LogP contribution in [0.25, 0.3) is 0 Å². The topological polar surface area (TPSA) is 63.8 Å². The summed E-state index contributed by atoms with van der Waals surface area (Å²) in [5.41, 5.74) is 7.61. The summed E-state index contributed by atoms with van der Waals surface area (Å²) in [4.78, 5) is 8.73. The van der Waals surface area contributed by atoms with Gasteiger partial charge in [-0.25, -0.2) is 0 Å². The number of nitrogens with zero attached hydrogens (tertiary/aromatic N) is 4. The van der Waals surface area contributed by atoms with Gasteiger partial charge in [0.1, 0.15) is 11.9 Å². The van der Waals surface area contributed by atoms with Gasteiger partial charge in [0.15, 0.2) is 0 Å². The molecular formula is C24H23Cl2N5O. The Morgan fingerprint density at radius 2 is 2.06 bits per heavy atom. The Bertz CT molecular complexity index is 1260. The molecule has 0 bridgehead atoms. The maximum Gasteiger partial charge on any atom is 0.145 e. The van der Waals surface area contributed by atoms with Gasteiger partial charge in [0.2, 0.25) is 0 Å². The third kappa shape index (κ3) is 3.52. The summed E-state index contributed by atoms with van der Waals surface area (Å²) in [5, 5.41) is 9.42. The molecule has 8 heteroatoms. The zero-order valence-electron chi connectivity index (χ0n) is 18.0. The normalized spacial score (nSPS) is 17.6. The quantitative estimate of drug-likeness (QED) is 0.557. The second-order valence-corrected chi connectivity index (χ2v) is 8.88. The van der Waals surface area contributed by atoms with Crippen LogP contribution in [0.5, 0.6) is 5.75 Å². The monoisotopic (exact) mass is 467 g/mol. The maximum atomic E-state index is 6.59. The molecule has 32 heavy (non-hydrogen) atoms. The summed E-state index contributed by atoms with van der Waals surface area (Å²) in [6.45, 7) is 5.45. The van der Waals surface area contributed by atoms with Crippen molar-refractivity contribution in [2.75, 3.05) is 13.6 Å². The molecule has 1 N–H and O–H groups in total. The number of rotatable bonds is 4. The van der Waals surface area contributed by atoms with Crippen LogP contribution in [0.15, 0.2) is 40.3 Å². The first-order valence-corrected chi connectivity index (χ1v) is 11.2. The first-order valence-electron chi connectivity index (χ1n) is 10.5. The molecular weight excluding hydrogens is 445 g/mol. The second-order valence-electron chi connectivity index (χ2n) is 8.00. The van der Waals surface area contributed by atoms with Crippen LogP contribution in [-0.2, 0) is 26.4 Å². The van der Waals surface area contributed by atoms with Gasteiger partial charge in [-0.3, -0.25) is 14.7 Å². The second kappa shape index (κ2) is 8.35. The number of hydrogen-bond acceptors (Lipinski definition) is 5. The average molecular weight is 468 g/mol. The number of aliphatic imine (C=N–C) groups is 2. The Morgan fingerprint density at radius 3 is 2.84 bits per heavy atom. The minimum atomic E-state index is -0.135. The molecule has 0 spiro atoms. The predicted octanol–water partition coefficient (Wildman–Crippen LogP) is 4.85.